The highest BCUT2D eigenvalue weighted by atomic mass is 35.5. The van der Waals surface area contributed by atoms with Crippen LogP contribution in [-0.2, 0) is 10.0 Å². The standard InChI is InChI=1S/C12H18ClFN2O2S/c1-3-5-9(4-2)16-19(17,18)11-7-8(13)6-10(15)12(11)14/h6-7,9,16H,3-5,15H2,1-2H3. The first-order valence-electron chi connectivity index (χ1n) is 6.08. The summed E-state index contributed by atoms with van der Waals surface area (Å²) < 4.78 is 40.6. The van der Waals surface area contributed by atoms with Gasteiger partial charge >= 0.3 is 0 Å². The molecule has 3 N–H and O–H groups in total. The lowest BCUT2D eigenvalue weighted by Gasteiger charge is -2.17. The van der Waals surface area contributed by atoms with E-state index in [4.69, 9.17) is 17.3 Å². The summed E-state index contributed by atoms with van der Waals surface area (Å²) in [5.41, 5.74) is 5.11. The van der Waals surface area contributed by atoms with Crippen LogP contribution in [0, 0.1) is 5.82 Å². The van der Waals surface area contributed by atoms with Gasteiger partial charge in [0.1, 0.15) is 4.90 Å². The average molecular weight is 309 g/mol. The van der Waals surface area contributed by atoms with Crippen molar-refractivity contribution in [3.8, 4) is 0 Å². The predicted molar refractivity (Wildman–Crippen MR) is 75.1 cm³/mol. The van der Waals surface area contributed by atoms with E-state index in [-0.39, 0.29) is 16.8 Å². The zero-order chi connectivity index (χ0) is 14.6. The van der Waals surface area contributed by atoms with Crippen LogP contribution in [0.2, 0.25) is 5.02 Å². The summed E-state index contributed by atoms with van der Waals surface area (Å²) in [4.78, 5) is -0.507. The van der Waals surface area contributed by atoms with Gasteiger partial charge in [-0.25, -0.2) is 17.5 Å². The molecule has 0 spiro atoms. The summed E-state index contributed by atoms with van der Waals surface area (Å²) in [5, 5.41) is 0.0859. The van der Waals surface area contributed by atoms with Crippen molar-refractivity contribution in [2.45, 2.75) is 44.0 Å². The van der Waals surface area contributed by atoms with E-state index in [0.717, 1.165) is 12.5 Å². The molecule has 0 aliphatic rings. The molecule has 0 aliphatic heterocycles. The van der Waals surface area contributed by atoms with Gasteiger partial charge in [-0.05, 0) is 25.0 Å². The highest BCUT2D eigenvalue weighted by Gasteiger charge is 2.24. The molecule has 0 saturated heterocycles. The molecule has 0 fully saturated rings. The van der Waals surface area contributed by atoms with Crippen molar-refractivity contribution in [1.82, 2.24) is 4.72 Å². The van der Waals surface area contributed by atoms with E-state index < -0.39 is 20.7 Å². The van der Waals surface area contributed by atoms with Gasteiger partial charge in [-0.2, -0.15) is 0 Å². The minimum absolute atomic E-state index is 0.0859. The van der Waals surface area contributed by atoms with E-state index in [1.807, 2.05) is 13.8 Å². The molecule has 0 amide bonds. The van der Waals surface area contributed by atoms with Crippen molar-refractivity contribution in [1.29, 1.82) is 0 Å². The fraction of sp³-hybridized carbons (Fsp3) is 0.500. The van der Waals surface area contributed by atoms with Crippen LogP contribution in [0.1, 0.15) is 33.1 Å². The second-order valence-corrected chi connectivity index (χ2v) is 6.44. The van der Waals surface area contributed by atoms with Crippen molar-refractivity contribution in [3.63, 3.8) is 0 Å². The van der Waals surface area contributed by atoms with Gasteiger partial charge in [-0.3, -0.25) is 0 Å². The third-order valence-corrected chi connectivity index (χ3v) is 4.51. The molecule has 1 rings (SSSR count). The molecule has 19 heavy (non-hydrogen) atoms. The summed E-state index contributed by atoms with van der Waals surface area (Å²) in [5.74, 6) is -0.969. The second kappa shape index (κ2) is 6.54. The van der Waals surface area contributed by atoms with Crippen molar-refractivity contribution in [2.75, 3.05) is 5.73 Å². The number of nitrogens with two attached hydrogens (primary N) is 1. The molecule has 0 aliphatic carbocycles. The zero-order valence-electron chi connectivity index (χ0n) is 10.9. The highest BCUT2D eigenvalue weighted by molar-refractivity contribution is 7.89. The van der Waals surface area contributed by atoms with Crippen molar-refractivity contribution >= 4 is 27.3 Å². The molecule has 1 aromatic rings. The predicted octanol–water partition coefficient (Wildman–Crippen LogP) is 2.92. The van der Waals surface area contributed by atoms with E-state index in [1.165, 1.54) is 6.07 Å². The van der Waals surface area contributed by atoms with E-state index in [1.54, 1.807) is 0 Å². The molecule has 4 nitrogen and oxygen atoms in total. The number of halogens is 2. The lowest BCUT2D eigenvalue weighted by atomic mass is 10.1. The fourth-order valence-electron chi connectivity index (χ4n) is 1.76. The first kappa shape index (κ1) is 16.2. The Labute approximate surface area is 118 Å². The number of benzene rings is 1. The number of hydrogen-bond donors (Lipinski definition) is 2. The minimum Gasteiger partial charge on any atom is -0.396 e. The second-order valence-electron chi connectivity index (χ2n) is 4.32. The zero-order valence-corrected chi connectivity index (χ0v) is 12.5. The summed E-state index contributed by atoms with van der Waals surface area (Å²) in [6.45, 7) is 3.82. The number of hydrogen-bond acceptors (Lipinski definition) is 3. The van der Waals surface area contributed by atoms with Crippen LogP contribution in [0.5, 0.6) is 0 Å². The Balaban J connectivity index is 3.13. The normalized spacial score (nSPS) is 13.5. The van der Waals surface area contributed by atoms with Crippen LogP contribution in [0.25, 0.3) is 0 Å². The Hall–Kier alpha value is -0.850. The van der Waals surface area contributed by atoms with Crippen LogP contribution >= 0.6 is 11.6 Å². The maximum atomic E-state index is 13.8. The molecular formula is C12H18ClFN2O2S. The SMILES string of the molecule is CCCC(CC)NS(=O)(=O)c1cc(Cl)cc(N)c1F. The van der Waals surface area contributed by atoms with E-state index in [9.17, 15) is 12.8 Å². The van der Waals surface area contributed by atoms with Crippen molar-refractivity contribution < 1.29 is 12.8 Å². The lowest BCUT2D eigenvalue weighted by molar-refractivity contribution is 0.506. The van der Waals surface area contributed by atoms with Crippen LogP contribution < -0.4 is 10.5 Å². The Morgan fingerprint density at radius 3 is 2.58 bits per heavy atom. The molecule has 1 atom stereocenters. The topological polar surface area (TPSA) is 72.2 Å². The van der Waals surface area contributed by atoms with Crippen LogP contribution in [0.3, 0.4) is 0 Å². The third-order valence-electron chi connectivity index (χ3n) is 2.77. The molecule has 0 aromatic heterocycles. The van der Waals surface area contributed by atoms with Gasteiger partial charge in [0.25, 0.3) is 0 Å². The van der Waals surface area contributed by atoms with Crippen LogP contribution in [0.15, 0.2) is 17.0 Å². The first-order valence-corrected chi connectivity index (χ1v) is 7.94. The summed E-state index contributed by atoms with van der Waals surface area (Å²) in [6.07, 6.45) is 2.15. The molecule has 0 bridgehead atoms. The van der Waals surface area contributed by atoms with Gasteiger partial charge in [0, 0.05) is 11.1 Å². The molecule has 0 saturated carbocycles. The Bertz CT molecular complexity index is 549. The van der Waals surface area contributed by atoms with Gasteiger partial charge < -0.3 is 5.73 Å². The smallest absolute Gasteiger partial charge is 0.243 e. The van der Waals surface area contributed by atoms with Crippen LogP contribution in [-0.4, -0.2) is 14.5 Å². The quantitative estimate of drug-likeness (QED) is 0.794. The molecular weight excluding hydrogens is 291 g/mol. The largest absolute Gasteiger partial charge is 0.396 e. The molecule has 1 unspecified atom stereocenters. The van der Waals surface area contributed by atoms with Crippen molar-refractivity contribution in [3.05, 3.63) is 23.0 Å². The van der Waals surface area contributed by atoms with Gasteiger partial charge in [-0.15, -0.1) is 0 Å². The number of nitrogen functional groups attached to an aromatic ring is 1. The van der Waals surface area contributed by atoms with E-state index in [2.05, 4.69) is 4.72 Å². The Morgan fingerprint density at radius 2 is 2.05 bits per heavy atom. The minimum atomic E-state index is -3.96. The highest BCUT2D eigenvalue weighted by Crippen LogP contribution is 2.25. The third kappa shape index (κ3) is 4.06. The molecule has 0 radical (unpaired) electrons. The number of rotatable bonds is 6. The number of sulfonamides is 1. The van der Waals surface area contributed by atoms with Gasteiger partial charge in [0.2, 0.25) is 10.0 Å². The first-order chi connectivity index (χ1) is 8.81. The summed E-state index contributed by atoms with van der Waals surface area (Å²) in [6, 6.07) is 2.02. The van der Waals surface area contributed by atoms with Gasteiger partial charge in [-0.1, -0.05) is 31.9 Å². The Kier molecular flexibility index (Phi) is 5.58. The van der Waals surface area contributed by atoms with Crippen LogP contribution in [0.4, 0.5) is 10.1 Å². The fourth-order valence-corrected chi connectivity index (χ4v) is 3.54. The molecule has 108 valence electrons. The molecule has 0 heterocycles. The molecule has 7 heteroatoms. The number of nitrogens with one attached hydrogen (secondary N) is 1. The number of anilines is 1. The average Bonchev–Trinajstić information content (AvgIpc) is 2.32. The van der Waals surface area contributed by atoms with Gasteiger partial charge in [0.05, 0.1) is 5.69 Å². The Morgan fingerprint density at radius 1 is 1.42 bits per heavy atom. The lowest BCUT2D eigenvalue weighted by Crippen LogP contribution is -2.34. The van der Waals surface area contributed by atoms with E-state index >= 15 is 0 Å². The summed E-state index contributed by atoms with van der Waals surface area (Å²) in [7, 11) is -3.96. The maximum absolute atomic E-state index is 13.8. The monoisotopic (exact) mass is 308 g/mol. The maximum Gasteiger partial charge on any atom is 0.243 e. The van der Waals surface area contributed by atoms with Crippen molar-refractivity contribution in [2.24, 2.45) is 0 Å². The summed E-state index contributed by atoms with van der Waals surface area (Å²) >= 11 is 5.72. The van der Waals surface area contributed by atoms with Gasteiger partial charge in [0.15, 0.2) is 5.82 Å². The molecule has 1 aromatic carbocycles. The van der Waals surface area contributed by atoms with E-state index in [0.29, 0.717) is 12.8 Å².